The van der Waals surface area contributed by atoms with E-state index in [2.05, 4.69) is 43.1 Å². The molecule has 0 aliphatic heterocycles. The van der Waals surface area contributed by atoms with E-state index in [1.54, 1.807) is 0 Å². The van der Waals surface area contributed by atoms with Gasteiger partial charge in [0, 0.05) is 22.8 Å². The molecule has 0 saturated carbocycles. The van der Waals surface area contributed by atoms with Gasteiger partial charge < -0.3 is 10.3 Å². The molecule has 0 aliphatic rings. The van der Waals surface area contributed by atoms with Crippen molar-refractivity contribution in [1.82, 2.24) is 14.9 Å². The van der Waals surface area contributed by atoms with Gasteiger partial charge in [0.15, 0.2) is 5.82 Å². The number of aryl methyl sites for hydroxylation is 1. The van der Waals surface area contributed by atoms with Gasteiger partial charge in [-0.15, -0.1) is 10.2 Å². The minimum Gasteiger partial charge on any atom is -0.423 e. The van der Waals surface area contributed by atoms with Gasteiger partial charge in [0.1, 0.15) is 5.58 Å². The number of rotatable bonds is 4. The molecule has 0 bridgehead atoms. The van der Waals surface area contributed by atoms with Crippen LogP contribution >= 0.6 is 11.8 Å². The summed E-state index contributed by atoms with van der Waals surface area (Å²) in [4.78, 5) is 11.9. The molecule has 0 aliphatic carbocycles. The molecule has 2 aromatic carbocycles. The third kappa shape index (κ3) is 3.98. The van der Waals surface area contributed by atoms with Crippen molar-refractivity contribution < 1.29 is 4.42 Å². The van der Waals surface area contributed by atoms with E-state index in [1.165, 1.54) is 28.1 Å². The van der Waals surface area contributed by atoms with Crippen LogP contribution in [0.15, 0.2) is 62.9 Å². The Hall–Kier alpha value is -3.06. The van der Waals surface area contributed by atoms with Crippen LogP contribution < -0.4 is 11.5 Å². The van der Waals surface area contributed by atoms with Gasteiger partial charge in [0.05, 0.1) is 0 Å². The Morgan fingerprint density at radius 3 is 2.50 bits per heavy atom. The smallest absolute Gasteiger partial charge is 0.336 e. The molecule has 0 radical (unpaired) electrons. The highest BCUT2D eigenvalue weighted by molar-refractivity contribution is 7.98. The summed E-state index contributed by atoms with van der Waals surface area (Å²) in [6.45, 7) is 8.50. The van der Waals surface area contributed by atoms with Crippen LogP contribution in [0.2, 0.25) is 0 Å². The highest BCUT2D eigenvalue weighted by Gasteiger charge is 2.16. The molecule has 0 saturated heterocycles. The fourth-order valence-electron chi connectivity index (χ4n) is 3.29. The lowest BCUT2D eigenvalue weighted by Gasteiger charge is -2.19. The number of fused-ring (bicyclic) bond motifs is 1. The molecule has 7 heteroatoms. The number of nitrogen functional groups attached to an aromatic ring is 1. The SMILES string of the molecule is Cc1ccc2c(CSc3nnc(-c4ccc(C(C)(C)C)cc4)n3N)cc(=O)oc2c1. The van der Waals surface area contributed by atoms with Crippen LogP contribution in [0.4, 0.5) is 0 Å². The molecule has 2 heterocycles. The molecule has 2 N–H and O–H groups in total. The quantitative estimate of drug-likeness (QED) is 0.293. The van der Waals surface area contributed by atoms with Crippen LogP contribution in [0.3, 0.4) is 0 Å². The lowest BCUT2D eigenvalue weighted by atomic mass is 9.87. The Morgan fingerprint density at radius 1 is 1.07 bits per heavy atom. The van der Waals surface area contributed by atoms with E-state index in [0.717, 1.165) is 22.1 Å². The van der Waals surface area contributed by atoms with Crippen LogP contribution in [0, 0.1) is 6.92 Å². The summed E-state index contributed by atoms with van der Waals surface area (Å²) in [6, 6.07) is 15.6. The molecule has 30 heavy (non-hydrogen) atoms. The average Bonchev–Trinajstić information content (AvgIpc) is 3.05. The summed E-state index contributed by atoms with van der Waals surface area (Å²) in [5.74, 6) is 7.41. The second-order valence-electron chi connectivity index (χ2n) is 8.38. The summed E-state index contributed by atoms with van der Waals surface area (Å²) in [6.07, 6.45) is 0. The summed E-state index contributed by atoms with van der Waals surface area (Å²) >= 11 is 1.43. The molecule has 6 nitrogen and oxygen atoms in total. The van der Waals surface area contributed by atoms with Crippen LogP contribution in [-0.2, 0) is 11.2 Å². The standard InChI is InChI=1S/C23H24N4O2S/c1-14-5-10-18-16(12-20(28)29-19(18)11-14)13-30-22-26-25-21(27(22)24)15-6-8-17(9-7-15)23(2,3)4/h5-12H,13,24H2,1-4H3. The Kier molecular flexibility index (Phi) is 5.15. The maximum atomic E-state index is 11.9. The fourth-order valence-corrected chi connectivity index (χ4v) is 4.14. The van der Waals surface area contributed by atoms with Gasteiger partial charge in [0.2, 0.25) is 5.16 Å². The van der Waals surface area contributed by atoms with E-state index < -0.39 is 0 Å². The third-order valence-corrected chi connectivity index (χ3v) is 6.01. The zero-order valence-corrected chi connectivity index (χ0v) is 18.3. The number of nitrogens with zero attached hydrogens (tertiary/aromatic N) is 3. The van der Waals surface area contributed by atoms with Gasteiger partial charge in [-0.1, -0.05) is 68.9 Å². The maximum Gasteiger partial charge on any atom is 0.336 e. The first-order chi connectivity index (χ1) is 14.2. The molecule has 0 amide bonds. The highest BCUT2D eigenvalue weighted by Crippen LogP contribution is 2.29. The summed E-state index contributed by atoms with van der Waals surface area (Å²) in [5, 5.41) is 10.0. The lowest BCUT2D eigenvalue weighted by molar-refractivity contribution is 0.559. The largest absolute Gasteiger partial charge is 0.423 e. The molecule has 0 fully saturated rings. The molecular formula is C23H24N4O2S. The zero-order valence-electron chi connectivity index (χ0n) is 17.5. The Morgan fingerprint density at radius 2 is 1.80 bits per heavy atom. The number of hydrogen-bond donors (Lipinski definition) is 1. The predicted octanol–water partition coefficient (Wildman–Crippen LogP) is 4.66. The van der Waals surface area contributed by atoms with Crippen molar-refractivity contribution in [3.63, 3.8) is 0 Å². The zero-order chi connectivity index (χ0) is 21.5. The first-order valence-electron chi connectivity index (χ1n) is 9.70. The molecule has 0 unspecified atom stereocenters. The van der Waals surface area contributed by atoms with Crippen molar-refractivity contribution in [2.75, 3.05) is 5.84 Å². The summed E-state index contributed by atoms with van der Waals surface area (Å²) in [7, 11) is 0. The minimum atomic E-state index is -0.363. The van der Waals surface area contributed by atoms with E-state index in [4.69, 9.17) is 10.3 Å². The van der Waals surface area contributed by atoms with E-state index >= 15 is 0 Å². The van der Waals surface area contributed by atoms with Crippen LogP contribution in [0.1, 0.15) is 37.5 Å². The van der Waals surface area contributed by atoms with Gasteiger partial charge >= 0.3 is 5.63 Å². The Balaban J connectivity index is 1.59. The monoisotopic (exact) mass is 420 g/mol. The maximum absolute atomic E-state index is 11.9. The second-order valence-corrected chi connectivity index (χ2v) is 9.32. The number of aromatic nitrogens is 3. The van der Waals surface area contributed by atoms with Crippen LogP contribution in [0.5, 0.6) is 0 Å². The van der Waals surface area contributed by atoms with E-state index in [-0.39, 0.29) is 11.0 Å². The summed E-state index contributed by atoms with van der Waals surface area (Å²) < 4.78 is 6.83. The van der Waals surface area contributed by atoms with Gasteiger partial charge in [0.25, 0.3) is 0 Å². The number of nitrogens with two attached hydrogens (primary N) is 1. The van der Waals surface area contributed by atoms with Crippen molar-refractivity contribution in [2.24, 2.45) is 0 Å². The molecule has 0 spiro atoms. The van der Waals surface area contributed by atoms with E-state index in [1.807, 2.05) is 37.3 Å². The molecule has 0 atom stereocenters. The van der Waals surface area contributed by atoms with Crippen molar-refractivity contribution >= 4 is 22.7 Å². The summed E-state index contributed by atoms with van der Waals surface area (Å²) in [5.41, 5.74) is 4.38. The topological polar surface area (TPSA) is 86.9 Å². The molecular weight excluding hydrogens is 396 g/mol. The molecule has 2 aromatic heterocycles. The Labute approximate surface area is 179 Å². The fraction of sp³-hybridized carbons (Fsp3) is 0.261. The second kappa shape index (κ2) is 7.65. The van der Waals surface area contributed by atoms with Gasteiger partial charge in [-0.3, -0.25) is 0 Å². The first-order valence-corrected chi connectivity index (χ1v) is 10.7. The first kappa shape index (κ1) is 20.2. The number of hydrogen-bond acceptors (Lipinski definition) is 6. The van der Waals surface area contributed by atoms with Gasteiger partial charge in [-0.2, -0.15) is 0 Å². The molecule has 4 aromatic rings. The van der Waals surface area contributed by atoms with Crippen molar-refractivity contribution in [3.8, 4) is 11.4 Å². The highest BCUT2D eigenvalue weighted by atomic mass is 32.2. The van der Waals surface area contributed by atoms with Gasteiger partial charge in [-0.05, 0) is 35.1 Å². The number of thioether (sulfide) groups is 1. The van der Waals surface area contributed by atoms with Crippen molar-refractivity contribution in [1.29, 1.82) is 0 Å². The predicted molar refractivity (Wildman–Crippen MR) is 121 cm³/mol. The van der Waals surface area contributed by atoms with E-state index in [0.29, 0.717) is 22.3 Å². The number of benzene rings is 2. The molecule has 154 valence electrons. The molecule has 4 rings (SSSR count). The van der Waals surface area contributed by atoms with Gasteiger partial charge in [-0.25, -0.2) is 9.47 Å². The van der Waals surface area contributed by atoms with Crippen LogP contribution in [-0.4, -0.2) is 14.9 Å². The lowest BCUT2D eigenvalue weighted by Crippen LogP contribution is -2.12. The Bertz CT molecular complexity index is 1270. The average molecular weight is 421 g/mol. The normalized spacial score (nSPS) is 11.9. The van der Waals surface area contributed by atoms with E-state index in [9.17, 15) is 4.79 Å². The minimum absolute atomic E-state index is 0.0830. The van der Waals surface area contributed by atoms with Crippen molar-refractivity contribution in [3.05, 3.63) is 75.6 Å². The van der Waals surface area contributed by atoms with Crippen molar-refractivity contribution in [2.45, 2.75) is 44.0 Å². The van der Waals surface area contributed by atoms with Crippen LogP contribution in [0.25, 0.3) is 22.4 Å². The third-order valence-electron chi connectivity index (χ3n) is 5.02.